The van der Waals surface area contributed by atoms with Crippen molar-refractivity contribution >= 4 is 39.7 Å². The number of halogens is 1. The molecule has 0 saturated carbocycles. The van der Waals surface area contributed by atoms with Gasteiger partial charge in [-0.1, -0.05) is 0 Å². The average molecular weight is 474 g/mol. The smallest absolute Gasteiger partial charge is 0.133 e. The summed E-state index contributed by atoms with van der Waals surface area (Å²) in [6, 6.07) is 5.80. The monoisotopic (exact) mass is 473 g/mol. The van der Waals surface area contributed by atoms with Crippen LogP contribution in [-0.2, 0) is 9.53 Å². The SMILES string of the molecule is O=CCN1CCN(CC[C@@H]2CSC(c3cc4cc(F)cc(NC5CCOCC5)c4[nH]3)=N2)CC1. The molecule has 33 heavy (non-hydrogen) atoms. The molecule has 1 aromatic carbocycles. The Morgan fingerprint density at radius 2 is 1.97 bits per heavy atom. The third kappa shape index (κ3) is 5.59. The number of carbonyl (C=O) groups is 1. The molecular formula is C24H32FN5O2S. The third-order valence-electron chi connectivity index (χ3n) is 6.79. The molecule has 2 aromatic rings. The van der Waals surface area contributed by atoms with Crippen molar-refractivity contribution < 1.29 is 13.9 Å². The zero-order chi connectivity index (χ0) is 22.6. The van der Waals surface area contributed by atoms with Gasteiger partial charge in [-0.2, -0.15) is 0 Å². The number of aromatic amines is 1. The molecule has 2 fully saturated rings. The van der Waals surface area contributed by atoms with Gasteiger partial charge in [0.1, 0.15) is 17.1 Å². The van der Waals surface area contributed by atoms with Crippen molar-refractivity contribution in [1.29, 1.82) is 0 Å². The van der Waals surface area contributed by atoms with Crippen LogP contribution < -0.4 is 5.32 Å². The van der Waals surface area contributed by atoms with Crippen LogP contribution in [0.4, 0.5) is 10.1 Å². The molecule has 3 aliphatic rings. The van der Waals surface area contributed by atoms with Gasteiger partial charge in [-0.3, -0.25) is 9.89 Å². The van der Waals surface area contributed by atoms with Gasteiger partial charge in [-0.25, -0.2) is 4.39 Å². The van der Waals surface area contributed by atoms with Crippen molar-refractivity contribution in [3.05, 3.63) is 29.7 Å². The molecule has 1 aromatic heterocycles. The van der Waals surface area contributed by atoms with Gasteiger partial charge < -0.3 is 24.7 Å². The first-order valence-electron chi connectivity index (χ1n) is 11.9. The number of aliphatic imine (C=N–C) groups is 1. The predicted octanol–water partition coefficient (Wildman–Crippen LogP) is 2.97. The van der Waals surface area contributed by atoms with E-state index in [9.17, 15) is 9.18 Å². The van der Waals surface area contributed by atoms with Gasteiger partial charge in [-0.15, -0.1) is 11.8 Å². The lowest BCUT2D eigenvalue weighted by atomic mass is 10.1. The van der Waals surface area contributed by atoms with Gasteiger partial charge in [0.2, 0.25) is 0 Å². The van der Waals surface area contributed by atoms with Crippen LogP contribution in [0.3, 0.4) is 0 Å². The number of hydrogen-bond donors (Lipinski definition) is 2. The second kappa shape index (κ2) is 10.5. The largest absolute Gasteiger partial charge is 0.381 e. The summed E-state index contributed by atoms with van der Waals surface area (Å²) in [6.45, 7) is 7.02. The maximum absolute atomic E-state index is 14.3. The van der Waals surface area contributed by atoms with Gasteiger partial charge >= 0.3 is 0 Å². The minimum atomic E-state index is -0.227. The van der Waals surface area contributed by atoms with E-state index in [0.29, 0.717) is 18.6 Å². The average Bonchev–Trinajstić information content (AvgIpc) is 3.47. The Hall–Kier alpha value is -1.94. The van der Waals surface area contributed by atoms with Gasteiger partial charge in [0.15, 0.2) is 0 Å². The van der Waals surface area contributed by atoms with E-state index < -0.39 is 0 Å². The lowest BCUT2D eigenvalue weighted by Gasteiger charge is -2.33. The highest BCUT2D eigenvalue weighted by atomic mass is 32.2. The molecule has 3 aliphatic heterocycles. The number of carbonyl (C=O) groups excluding carboxylic acids is 1. The number of nitrogens with one attached hydrogen (secondary N) is 2. The molecule has 9 heteroatoms. The van der Waals surface area contributed by atoms with Crippen LogP contribution in [0, 0.1) is 5.82 Å². The summed E-state index contributed by atoms with van der Waals surface area (Å²) in [6.07, 6.45) is 3.89. The molecule has 1 atom stereocenters. The minimum Gasteiger partial charge on any atom is -0.381 e. The third-order valence-corrected chi connectivity index (χ3v) is 7.94. The molecule has 0 radical (unpaired) electrons. The van der Waals surface area contributed by atoms with Gasteiger partial charge in [0.25, 0.3) is 0 Å². The van der Waals surface area contributed by atoms with E-state index in [1.54, 1.807) is 23.9 Å². The van der Waals surface area contributed by atoms with Crippen LogP contribution in [0.1, 0.15) is 25.0 Å². The van der Waals surface area contributed by atoms with Gasteiger partial charge in [0, 0.05) is 63.1 Å². The maximum Gasteiger partial charge on any atom is 0.133 e. The van der Waals surface area contributed by atoms with E-state index in [1.165, 1.54) is 0 Å². The molecule has 0 spiro atoms. The number of nitrogens with zero attached hydrogens (tertiary/aromatic N) is 3. The number of H-pyrrole nitrogens is 1. The number of piperazine rings is 1. The zero-order valence-electron chi connectivity index (χ0n) is 18.9. The Bertz CT molecular complexity index is 998. The number of aromatic nitrogens is 1. The van der Waals surface area contributed by atoms with E-state index in [1.807, 2.05) is 6.07 Å². The molecular weight excluding hydrogens is 441 g/mol. The summed E-state index contributed by atoms with van der Waals surface area (Å²) in [5.41, 5.74) is 2.73. The van der Waals surface area contributed by atoms with E-state index in [2.05, 4.69) is 20.1 Å². The first-order valence-corrected chi connectivity index (χ1v) is 12.9. The van der Waals surface area contributed by atoms with Crippen molar-refractivity contribution in [1.82, 2.24) is 14.8 Å². The first kappa shape index (κ1) is 22.8. The molecule has 0 bridgehead atoms. The van der Waals surface area contributed by atoms with Crippen molar-refractivity contribution in [2.45, 2.75) is 31.3 Å². The Balaban J connectivity index is 1.22. The topological polar surface area (TPSA) is 73.0 Å². The number of benzene rings is 1. The minimum absolute atomic E-state index is 0.227. The van der Waals surface area contributed by atoms with Gasteiger partial charge in [-0.05, 0) is 37.5 Å². The molecule has 0 amide bonds. The fraction of sp³-hybridized carbons (Fsp3) is 0.583. The van der Waals surface area contributed by atoms with Crippen molar-refractivity contribution in [2.24, 2.45) is 4.99 Å². The van der Waals surface area contributed by atoms with Crippen molar-refractivity contribution in [3.63, 3.8) is 0 Å². The predicted molar refractivity (Wildman–Crippen MR) is 132 cm³/mol. The summed E-state index contributed by atoms with van der Waals surface area (Å²) in [7, 11) is 0. The summed E-state index contributed by atoms with van der Waals surface area (Å²) in [4.78, 5) is 23.9. The summed E-state index contributed by atoms with van der Waals surface area (Å²) in [5.74, 6) is 0.756. The van der Waals surface area contributed by atoms with Crippen molar-refractivity contribution in [2.75, 3.05) is 63.6 Å². The molecule has 5 rings (SSSR count). The fourth-order valence-electron chi connectivity index (χ4n) is 4.84. The summed E-state index contributed by atoms with van der Waals surface area (Å²) >= 11 is 1.78. The second-order valence-electron chi connectivity index (χ2n) is 9.13. The number of rotatable bonds is 8. The molecule has 0 unspecified atom stereocenters. The normalized spacial score (nSPS) is 23.2. The van der Waals surface area contributed by atoms with Crippen LogP contribution in [-0.4, -0.2) is 96.4 Å². The van der Waals surface area contributed by atoms with E-state index in [4.69, 9.17) is 9.73 Å². The quantitative estimate of drug-likeness (QED) is 0.575. The van der Waals surface area contributed by atoms with Crippen LogP contribution in [0.5, 0.6) is 0 Å². The molecule has 0 aliphatic carbocycles. The maximum atomic E-state index is 14.3. The highest BCUT2D eigenvalue weighted by molar-refractivity contribution is 8.14. The van der Waals surface area contributed by atoms with Crippen LogP contribution in [0.25, 0.3) is 10.9 Å². The summed E-state index contributed by atoms with van der Waals surface area (Å²) in [5, 5.41) is 5.41. The molecule has 2 saturated heterocycles. The van der Waals surface area contributed by atoms with E-state index in [0.717, 1.165) is 105 Å². The lowest BCUT2D eigenvalue weighted by Crippen LogP contribution is -2.47. The van der Waals surface area contributed by atoms with Crippen LogP contribution >= 0.6 is 11.8 Å². The van der Waals surface area contributed by atoms with Gasteiger partial charge in [0.05, 0.1) is 29.5 Å². The highest BCUT2D eigenvalue weighted by Gasteiger charge is 2.24. The van der Waals surface area contributed by atoms with Crippen LogP contribution in [0.15, 0.2) is 23.2 Å². The zero-order valence-corrected chi connectivity index (χ0v) is 19.7. The number of ether oxygens (including phenoxy) is 1. The Kier molecular flexibility index (Phi) is 7.30. The molecule has 7 nitrogen and oxygen atoms in total. The standard InChI is InChI=1S/C24H32FN5O2S/c25-18-13-17-14-22(28-23(17)21(15-18)26-19-2-11-32-12-3-19)24-27-20(16-33-24)1-4-29-5-7-30(8-6-29)9-10-31/h10,13-15,19-20,26,28H,1-9,11-12,16H2/t20-/m1/s1. The van der Waals surface area contributed by atoms with Crippen molar-refractivity contribution in [3.8, 4) is 0 Å². The van der Waals surface area contributed by atoms with Crippen LogP contribution in [0.2, 0.25) is 0 Å². The van der Waals surface area contributed by atoms with E-state index >= 15 is 0 Å². The lowest BCUT2D eigenvalue weighted by molar-refractivity contribution is -0.109. The Morgan fingerprint density at radius 3 is 2.76 bits per heavy atom. The fourth-order valence-corrected chi connectivity index (χ4v) is 5.92. The Morgan fingerprint density at radius 1 is 1.18 bits per heavy atom. The number of anilines is 1. The molecule has 178 valence electrons. The number of fused-ring (bicyclic) bond motifs is 1. The van der Waals surface area contributed by atoms with E-state index in [-0.39, 0.29) is 5.82 Å². The first-order chi connectivity index (χ1) is 16.2. The molecule has 4 heterocycles. The Labute approximate surface area is 198 Å². The molecule has 2 N–H and O–H groups in total. The second-order valence-corrected chi connectivity index (χ2v) is 10.1. The number of aldehydes is 1. The highest BCUT2D eigenvalue weighted by Crippen LogP contribution is 2.31. The number of thioether (sulfide) groups is 1. The summed E-state index contributed by atoms with van der Waals surface area (Å²) < 4.78 is 19.8. The number of hydrogen-bond acceptors (Lipinski definition) is 7.